The maximum Gasteiger partial charge on any atom is 0.472 e. The third-order valence-corrected chi connectivity index (χ3v) is 18.2. The first kappa shape index (κ1) is 86.1. The number of esters is 4. The minimum absolute atomic E-state index is 0.107. The molecule has 3 N–H and O–H groups in total. The molecule has 0 bridgehead atoms. The Bertz CT molecular complexity index is 1720. The van der Waals surface area contributed by atoms with Crippen LogP contribution >= 0.6 is 15.6 Å². The van der Waals surface area contributed by atoms with Gasteiger partial charge in [0.05, 0.1) is 26.4 Å². The van der Waals surface area contributed by atoms with E-state index in [1.165, 1.54) is 167 Å². The van der Waals surface area contributed by atoms with Crippen LogP contribution in [0.3, 0.4) is 0 Å². The molecule has 0 saturated heterocycles. The summed E-state index contributed by atoms with van der Waals surface area (Å²) < 4.78 is 68.3. The van der Waals surface area contributed by atoms with Gasteiger partial charge in [0.25, 0.3) is 0 Å². The van der Waals surface area contributed by atoms with Crippen molar-refractivity contribution in [1.82, 2.24) is 0 Å². The molecule has 0 aromatic carbocycles. The molecule has 17 nitrogen and oxygen atoms in total. The number of ether oxygens (including phenoxy) is 4. The highest BCUT2D eigenvalue weighted by Gasteiger charge is 2.30. The Morgan fingerprint density at radius 1 is 0.330 bits per heavy atom. The van der Waals surface area contributed by atoms with Crippen LogP contribution < -0.4 is 0 Å². The van der Waals surface area contributed by atoms with E-state index in [1.54, 1.807) is 0 Å². The molecule has 19 heteroatoms. The standard InChI is InChI=1S/C69H134O17P2/c1-7-10-12-14-16-18-20-22-24-26-36-42-48-54-69(74)86-65(58-80-67(72)52-46-40-34-30-28-32-38-44-50-62(6)9-3)60-84-88(77,78)82-56-63(70)55-81-87(75,76)83-59-64(57-79-66(71)51-45-39-33-29-27-31-37-43-49-61(4)5)85-68(73)53-47-41-35-25-23-21-19-17-15-13-11-8-2/h61-65,70H,7-60H2,1-6H3,(H,75,76)(H,77,78)/t62?,63-,64+,65+/m0/s1. The van der Waals surface area contributed by atoms with Gasteiger partial charge in [-0.2, -0.15) is 0 Å². The van der Waals surface area contributed by atoms with Crippen LogP contribution in [0.4, 0.5) is 0 Å². The minimum Gasteiger partial charge on any atom is -0.462 e. The Morgan fingerprint density at radius 3 is 0.864 bits per heavy atom. The van der Waals surface area contributed by atoms with Gasteiger partial charge in [0.2, 0.25) is 0 Å². The fourth-order valence-electron chi connectivity index (χ4n) is 10.4. The lowest BCUT2D eigenvalue weighted by Crippen LogP contribution is -2.30. The highest BCUT2D eigenvalue weighted by Crippen LogP contribution is 2.45. The van der Waals surface area contributed by atoms with Crippen LogP contribution in [0.5, 0.6) is 0 Å². The molecule has 3 unspecified atom stereocenters. The number of rotatable bonds is 68. The van der Waals surface area contributed by atoms with Crippen LogP contribution in [0.25, 0.3) is 0 Å². The number of hydrogen-bond donors (Lipinski definition) is 3. The van der Waals surface area contributed by atoms with Crippen molar-refractivity contribution in [2.45, 2.75) is 368 Å². The molecule has 0 aliphatic carbocycles. The monoisotopic (exact) mass is 1300 g/mol. The van der Waals surface area contributed by atoms with Gasteiger partial charge in [-0.15, -0.1) is 0 Å². The highest BCUT2D eigenvalue weighted by molar-refractivity contribution is 7.47. The van der Waals surface area contributed by atoms with E-state index >= 15 is 0 Å². The molecule has 6 atom stereocenters. The third kappa shape index (κ3) is 61.6. The van der Waals surface area contributed by atoms with Crippen LogP contribution in [-0.4, -0.2) is 96.7 Å². The van der Waals surface area contributed by atoms with Gasteiger partial charge >= 0.3 is 39.5 Å². The summed E-state index contributed by atoms with van der Waals surface area (Å²) in [5.74, 6) is -0.620. The fourth-order valence-corrected chi connectivity index (χ4v) is 12.0. The van der Waals surface area contributed by atoms with Gasteiger partial charge in [-0.3, -0.25) is 37.3 Å². The zero-order valence-electron chi connectivity index (χ0n) is 57.0. The van der Waals surface area contributed by atoms with Crippen molar-refractivity contribution in [1.29, 1.82) is 0 Å². The second-order valence-electron chi connectivity index (χ2n) is 25.6. The fraction of sp³-hybridized carbons (Fsp3) is 0.942. The first-order valence-electron chi connectivity index (χ1n) is 36.0. The van der Waals surface area contributed by atoms with E-state index in [0.29, 0.717) is 25.7 Å². The zero-order chi connectivity index (χ0) is 65.0. The van der Waals surface area contributed by atoms with Crippen LogP contribution in [0, 0.1) is 11.8 Å². The molecule has 0 aliphatic rings. The summed E-state index contributed by atoms with van der Waals surface area (Å²) in [5, 5.41) is 10.6. The molecule has 88 heavy (non-hydrogen) atoms. The summed E-state index contributed by atoms with van der Waals surface area (Å²) in [7, 11) is -9.90. The van der Waals surface area contributed by atoms with Crippen LogP contribution in [0.15, 0.2) is 0 Å². The van der Waals surface area contributed by atoms with Crippen LogP contribution in [0.2, 0.25) is 0 Å². The van der Waals surface area contributed by atoms with Crippen molar-refractivity contribution in [2.75, 3.05) is 39.6 Å². The predicted molar refractivity (Wildman–Crippen MR) is 354 cm³/mol. The number of hydrogen-bond acceptors (Lipinski definition) is 15. The van der Waals surface area contributed by atoms with Crippen molar-refractivity contribution in [3.8, 4) is 0 Å². The lowest BCUT2D eigenvalue weighted by molar-refractivity contribution is -0.161. The number of unbranched alkanes of at least 4 members (excludes halogenated alkanes) is 37. The van der Waals surface area contributed by atoms with E-state index in [2.05, 4.69) is 41.5 Å². The van der Waals surface area contributed by atoms with Crippen molar-refractivity contribution < 1.29 is 80.2 Å². The average Bonchev–Trinajstić information content (AvgIpc) is 3.51. The predicted octanol–water partition coefficient (Wildman–Crippen LogP) is 19.6. The molecule has 0 aromatic heterocycles. The Kier molecular flexibility index (Phi) is 59.9. The average molecular weight is 1300 g/mol. The number of phosphoric acid groups is 2. The maximum absolute atomic E-state index is 13.0. The van der Waals surface area contributed by atoms with Crippen molar-refractivity contribution in [3.63, 3.8) is 0 Å². The second-order valence-corrected chi connectivity index (χ2v) is 28.5. The quantitative estimate of drug-likeness (QED) is 0.0222. The number of aliphatic hydroxyl groups is 1. The Labute approximate surface area is 537 Å². The lowest BCUT2D eigenvalue weighted by Gasteiger charge is -2.21. The molecule has 0 saturated carbocycles. The Morgan fingerprint density at radius 2 is 0.580 bits per heavy atom. The molecule has 0 rings (SSSR count). The highest BCUT2D eigenvalue weighted by atomic mass is 31.2. The first-order valence-corrected chi connectivity index (χ1v) is 39.0. The van der Waals surface area contributed by atoms with Crippen molar-refractivity contribution >= 4 is 39.5 Å². The SMILES string of the molecule is CCCCCCCCCCCCCCCC(=O)O[C@H](COC(=O)CCCCCCCCCCC(C)CC)COP(=O)(O)OC[C@@H](O)COP(=O)(O)OC[C@@H](COC(=O)CCCCCCCCCCC(C)C)OC(=O)CCCCCCCCCCCCCC. The topological polar surface area (TPSA) is 237 Å². The minimum atomic E-state index is -4.95. The van der Waals surface area contributed by atoms with E-state index in [4.69, 9.17) is 37.0 Å². The zero-order valence-corrected chi connectivity index (χ0v) is 58.8. The molecule has 0 heterocycles. The maximum atomic E-state index is 13.0. The number of carbonyl (C=O) groups is 4. The summed E-state index contributed by atoms with van der Waals surface area (Å²) in [5.41, 5.74) is 0. The van der Waals surface area contributed by atoms with E-state index in [9.17, 15) is 43.2 Å². The van der Waals surface area contributed by atoms with Crippen LogP contribution in [-0.2, 0) is 65.4 Å². The van der Waals surface area contributed by atoms with Gasteiger partial charge in [-0.05, 0) is 37.5 Å². The van der Waals surface area contributed by atoms with Gasteiger partial charge in [0, 0.05) is 25.7 Å². The van der Waals surface area contributed by atoms with Crippen molar-refractivity contribution in [2.24, 2.45) is 11.8 Å². The molecule has 0 aliphatic heterocycles. The molecular weight excluding hydrogens is 1160 g/mol. The third-order valence-electron chi connectivity index (χ3n) is 16.3. The van der Waals surface area contributed by atoms with E-state index in [-0.39, 0.29) is 25.7 Å². The second kappa shape index (κ2) is 61.3. The van der Waals surface area contributed by atoms with E-state index in [1.807, 2.05) is 0 Å². The van der Waals surface area contributed by atoms with Crippen LogP contribution in [0.1, 0.15) is 350 Å². The summed E-state index contributed by atoms with van der Waals surface area (Å²) in [6, 6.07) is 0. The number of aliphatic hydroxyl groups excluding tert-OH is 1. The molecule has 0 fully saturated rings. The summed E-state index contributed by atoms with van der Waals surface area (Å²) in [4.78, 5) is 72.5. The smallest absolute Gasteiger partial charge is 0.462 e. The van der Waals surface area contributed by atoms with E-state index < -0.39 is 97.5 Å². The molecule has 0 radical (unpaired) electrons. The molecule has 522 valence electrons. The largest absolute Gasteiger partial charge is 0.472 e. The van der Waals surface area contributed by atoms with Crippen molar-refractivity contribution in [3.05, 3.63) is 0 Å². The lowest BCUT2D eigenvalue weighted by atomic mass is 9.99. The summed E-state index contributed by atoms with van der Waals surface area (Å²) in [6.07, 6.45) is 45.6. The molecular formula is C69H134O17P2. The Balaban J connectivity index is 5.26. The summed E-state index contributed by atoms with van der Waals surface area (Å²) in [6.45, 7) is 9.51. The van der Waals surface area contributed by atoms with Gasteiger partial charge in [-0.1, -0.05) is 298 Å². The first-order chi connectivity index (χ1) is 42.4. The van der Waals surface area contributed by atoms with Gasteiger partial charge < -0.3 is 33.8 Å². The molecule has 0 aromatic rings. The normalized spacial score (nSPS) is 14.5. The van der Waals surface area contributed by atoms with E-state index in [0.717, 1.165) is 102 Å². The number of phosphoric ester groups is 2. The Hall–Kier alpha value is -1.94. The molecule has 0 spiro atoms. The van der Waals surface area contributed by atoms with Gasteiger partial charge in [0.15, 0.2) is 12.2 Å². The number of carbonyl (C=O) groups excluding carboxylic acids is 4. The van der Waals surface area contributed by atoms with Gasteiger partial charge in [0.1, 0.15) is 19.3 Å². The summed E-state index contributed by atoms with van der Waals surface area (Å²) >= 11 is 0. The molecule has 0 amide bonds. The van der Waals surface area contributed by atoms with Gasteiger partial charge in [-0.25, -0.2) is 9.13 Å².